The molecule has 0 spiro atoms. The quantitative estimate of drug-likeness (QED) is 0.853. The predicted octanol–water partition coefficient (Wildman–Crippen LogP) is 2.94. The van der Waals surface area contributed by atoms with Crippen LogP contribution in [0.2, 0.25) is 0 Å². The first kappa shape index (κ1) is 14.0. The van der Waals surface area contributed by atoms with Crippen LogP contribution in [0.4, 0.5) is 4.39 Å². The molecule has 0 atom stereocenters. The number of hydrogen-bond donors (Lipinski definition) is 1. The number of nitrogens with zero attached hydrogens (tertiary/aromatic N) is 2. The third-order valence-corrected chi connectivity index (χ3v) is 3.47. The van der Waals surface area contributed by atoms with E-state index in [0.717, 1.165) is 28.7 Å². The van der Waals surface area contributed by atoms with Crippen molar-refractivity contribution in [2.45, 2.75) is 24.1 Å². The van der Waals surface area contributed by atoms with Gasteiger partial charge in [-0.3, -0.25) is 0 Å². The highest BCUT2D eigenvalue weighted by molar-refractivity contribution is 7.98. The highest BCUT2D eigenvalue weighted by atomic mass is 32.2. The van der Waals surface area contributed by atoms with Gasteiger partial charge in [0.2, 0.25) is 0 Å². The average molecular weight is 277 g/mol. The lowest BCUT2D eigenvalue weighted by molar-refractivity contribution is 0.624. The summed E-state index contributed by atoms with van der Waals surface area (Å²) in [4.78, 5) is 9.76. The molecular formula is C14H16FN3S. The Morgan fingerprint density at radius 2 is 2.11 bits per heavy atom. The van der Waals surface area contributed by atoms with Crippen LogP contribution in [-0.2, 0) is 12.3 Å². The van der Waals surface area contributed by atoms with E-state index in [4.69, 9.17) is 0 Å². The summed E-state index contributed by atoms with van der Waals surface area (Å²) in [6, 6.07) is 8.53. The van der Waals surface area contributed by atoms with Gasteiger partial charge in [-0.05, 0) is 38.2 Å². The Labute approximate surface area is 116 Å². The van der Waals surface area contributed by atoms with Crippen molar-refractivity contribution in [3.8, 4) is 0 Å². The summed E-state index contributed by atoms with van der Waals surface area (Å²) in [7, 11) is 1.89. The number of nitrogens with one attached hydrogen (secondary N) is 1. The van der Waals surface area contributed by atoms with Crippen LogP contribution in [0.15, 0.2) is 35.2 Å². The van der Waals surface area contributed by atoms with Crippen molar-refractivity contribution >= 4 is 11.8 Å². The van der Waals surface area contributed by atoms with Crippen molar-refractivity contribution in [1.29, 1.82) is 0 Å². The van der Waals surface area contributed by atoms with Gasteiger partial charge >= 0.3 is 0 Å². The molecule has 5 heteroatoms. The Hall–Kier alpha value is -1.46. The summed E-state index contributed by atoms with van der Waals surface area (Å²) in [5.41, 5.74) is 1.93. The van der Waals surface area contributed by atoms with Crippen molar-refractivity contribution < 1.29 is 4.39 Å². The Kier molecular flexibility index (Phi) is 4.87. The lowest BCUT2D eigenvalue weighted by Crippen LogP contribution is -2.09. The van der Waals surface area contributed by atoms with E-state index in [1.165, 1.54) is 23.9 Å². The molecule has 0 aliphatic rings. The molecule has 0 saturated carbocycles. The lowest BCUT2D eigenvalue weighted by atomic mass is 10.3. The van der Waals surface area contributed by atoms with E-state index in [2.05, 4.69) is 15.3 Å². The van der Waals surface area contributed by atoms with E-state index in [9.17, 15) is 4.39 Å². The van der Waals surface area contributed by atoms with Crippen molar-refractivity contribution in [2.75, 3.05) is 7.05 Å². The first-order valence-corrected chi connectivity index (χ1v) is 7.02. The van der Waals surface area contributed by atoms with Crippen LogP contribution in [0.1, 0.15) is 17.2 Å². The van der Waals surface area contributed by atoms with Crippen LogP contribution in [0.3, 0.4) is 0 Å². The topological polar surface area (TPSA) is 37.8 Å². The van der Waals surface area contributed by atoms with Gasteiger partial charge in [-0.25, -0.2) is 14.4 Å². The molecule has 2 rings (SSSR count). The fourth-order valence-corrected chi connectivity index (χ4v) is 2.54. The van der Waals surface area contributed by atoms with Gasteiger partial charge in [-0.15, -0.1) is 11.8 Å². The molecule has 0 aliphatic heterocycles. The molecule has 0 amide bonds. The maximum atomic E-state index is 13.1. The molecule has 0 bridgehead atoms. The number of thioether (sulfide) groups is 1. The summed E-state index contributed by atoms with van der Waals surface area (Å²) in [6.07, 6.45) is 0. The van der Waals surface area contributed by atoms with Gasteiger partial charge in [0.1, 0.15) is 11.6 Å². The average Bonchev–Trinajstić information content (AvgIpc) is 2.36. The molecule has 2 aromatic rings. The second kappa shape index (κ2) is 6.63. The molecule has 0 unspecified atom stereocenters. The van der Waals surface area contributed by atoms with Gasteiger partial charge in [0, 0.05) is 17.1 Å². The van der Waals surface area contributed by atoms with Crippen molar-refractivity contribution in [1.82, 2.24) is 15.3 Å². The second-order valence-corrected chi connectivity index (χ2v) is 5.24. The zero-order valence-corrected chi connectivity index (χ0v) is 11.8. The number of aromatic nitrogens is 2. The van der Waals surface area contributed by atoms with Crippen LogP contribution in [0.25, 0.3) is 0 Å². The molecule has 100 valence electrons. The van der Waals surface area contributed by atoms with Crippen molar-refractivity contribution in [3.05, 3.63) is 53.4 Å². The summed E-state index contributed by atoms with van der Waals surface area (Å²) in [5, 5.41) is 3.07. The van der Waals surface area contributed by atoms with Gasteiger partial charge in [-0.2, -0.15) is 0 Å². The Morgan fingerprint density at radius 1 is 1.26 bits per heavy atom. The first-order valence-electron chi connectivity index (χ1n) is 6.04. The van der Waals surface area contributed by atoms with E-state index in [-0.39, 0.29) is 5.82 Å². The minimum atomic E-state index is -0.217. The Morgan fingerprint density at radius 3 is 2.84 bits per heavy atom. The number of benzene rings is 1. The monoisotopic (exact) mass is 277 g/mol. The number of halogens is 1. The highest BCUT2D eigenvalue weighted by Crippen LogP contribution is 2.22. The molecule has 3 nitrogen and oxygen atoms in total. The van der Waals surface area contributed by atoms with Crippen LogP contribution in [0.5, 0.6) is 0 Å². The maximum Gasteiger partial charge on any atom is 0.139 e. The largest absolute Gasteiger partial charge is 0.314 e. The number of aryl methyl sites for hydroxylation is 1. The normalized spacial score (nSPS) is 10.7. The molecule has 1 aromatic heterocycles. The zero-order valence-electron chi connectivity index (χ0n) is 11.0. The van der Waals surface area contributed by atoms with Gasteiger partial charge in [0.25, 0.3) is 0 Å². The second-order valence-electron chi connectivity index (χ2n) is 4.19. The third-order valence-electron chi connectivity index (χ3n) is 2.48. The lowest BCUT2D eigenvalue weighted by Gasteiger charge is -2.06. The van der Waals surface area contributed by atoms with E-state index in [0.29, 0.717) is 5.75 Å². The van der Waals surface area contributed by atoms with E-state index >= 15 is 0 Å². The number of rotatable bonds is 5. The Bertz CT molecular complexity index is 560. The molecular weight excluding hydrogens is 261 g/mol. The van der Waals surface area contributed by atoms with E-state index < -0.39 is 0 Å². The molecule has 0 radical (unpaired) electrons. The van der Waals surface area contributed by atoms with Crippen molar-refractivity contribution in [2.24, 2.45) is 0 Å². The summed E-state index contributed by atoms with van der Waals surface area (Å²) in [5.74, 6) is 1.20. The van der Waals surface area contributed by atoms with Crippen LogP contribution in [-0.4, -0.2) is 17.0 Å². The molecule has 0 saturated heterocycles. The van der Waals surface area contributed by atoms with Gasteiger partial charge in [0.15, 0.2) is 0 Å². The molecule has 1 aromatic carbocycles. The SMILES string of the molecule is CNCc1cc(C)nc(CSc2cccc(F)c2)n1. The third kappa shape index (κ3) is 4.29. The minimum absolute atomic E-state index is 0.217. The minimum Gasteiger partial charge on any atom is -0.314 e. The molecule has 0 aliphatic carbocycles. The molecule has 1 N–H and O–H groups in total. The highest BCUT2D eigenvalue weighted by Gasteiger charge is 2.04. The number of hydrogen-bond acceptors (Lipinski definition) is 4. The van der Waals surface area contributed by atoms with Gasteiger partial charge in [0.05, 0.1) is 11.4 Å². The fraction of sp³-hybridized carbons (Fsp3) is 0.286. The summed E-state index contributed by atoms with van der Waals surface area (Å²) < 4.78 is 13.1. The van der Waals surface area contributed by atoms with Crippen LogP contribution >= 0.6 is 11.8 Å². The fourth-order valence-electron chi connectivity index (χ4n) is 1.74. The molecule has 0 fully saturated rings. The smallest absolute Gasteiger partial charge is 0.139 e. The summed E-state index contributed by atoms with van der Waals surface area (Å²) >= 11 is 1.54. The standard InChI is InChI=1S/C14H16FN3S/c1-10-6-12(8-16-2)18-14(17-10)9-19-13-5-3-4-11(15)7-13/h3-7,16H,8-9H2,1-2H3. The maximum absolute atomic E-state index is 13.1. The Balaban J connectivity index is 2.06. The molecule has 1 heterocycles. The van der Waals surface area contributed by atoms with E-state index in [1.807, 2.05) is 26.1 Å². The summed E-state index contributed by atoms with van der Waals surface area (Å²) in [6.45, 7) is 2.68. The van der Waals surface area contributed by atoms with E-state index in [1.54, 1.807) is 6.07 Å². The predicted molar refractivity (Wildman–Crippen MR) is 75.5 cm³/mol. The van der Waals surface area contributed by atoms with Crippen LogP contribution < -0.4 is 5.32 Å². The zero-order chi connectivity index (χ0) is 13.7. The van der Waals surface area contributed by atoms with Crippen molar-refractivity contribution in [3.63, 3.8) is 0 Å². The molecule has 19 heavy (non-hydrogen) atoms. The van der Waals surface area contributed by atoms with Gasteiger partial charge in [-0.1, -0.05) is 6.07 Å². The van der Waals surface area contributed by atoms with Gasteiger partial charge < -0.3 is 5.32 Å². The first-order chi connectivity index (χ1) is 9.17. The van der Waals surface area contributed by atoms with Crippen LogP contribution in [0, 0.1) is 12.7 Å².